The molecule has 4 nitrogen and oxygen atoms in total. The van der Waals surface area contributed by atoms with Crippen molar-refractivity contribution in [2.45, 2.75) is 129 Å². The topological polar surface area (TPSA) is 40.6 Å². The predicted molar refractivity (Wildman–Crippen MR) is 165 cm³/mol. The van der Waals surface area contributed by atoms with Gasteiger partial charge in [0.1, 0.15) is 6.26 Å². The zero-order valence-electron chi connectivity index (χ0n) is 25.1. The fourth-order valence-corrected chi connectivity index (χ4v) is 5.56. The molecule has 1 aliphatic carbocycles. The highest BCUT2D eigenvalue weighted by Crippen LogP contribution is 2.35. The molecule has 0 radical (unpaired) electrons. The van der Waals surface area contributed by atoms with E-state index in [1.807, 2.05) is 6.20 Å². The quantitative estimate of drug-likeness (QED) is 0.138. The van der Waals surface area contributed by atoms with Crippen molar-refractivity contribution in [2.75, 3.05) is 13.2 Å². The number of hydrogen-bond donors (Lipinski definition) is 0. The fourth-order valence-electron chi connectivity index (χ4n) is 5.56. The van der Waals surface area contributed by atoms with Gasteiger partial charge in [0.2, 0.25) is 0 Å². The highest BCUT2D eigenvalue weighted by Gasteiger charge is 2.25. The molecule has 1 aromatic heterocycles. The summed E-state index contributed by atoms with van der Waals surface area (Å²) in [6, 6.07) is 12.7. The molecule has 1 aromatic carbocycles. The lowest BCUT2D eigenvalue weighted by molar-refractivity contribution is -0.0177. The molecule has 0 saturated heterocycles. The van der Waals surface area contributed by atoms with E-state index in [0.29, 0.717) is 0 Å². The molecule has 1 aliphatic heterocycles. The lowest BCUT2D eigenvalue weighted by Crippen LogP contribution is -2.05. The largest absolute Gasteiger partial charge is 0.454 e. The maximum absolute atomic E-state index is 6.25. The summed E-state index contributed by atoms with van der Waals surface area (Å²) in [4.78, 5) is 4.72. The molecule has 1 fully saturated rings. The number of nitrogens with zero attached hydrogens (tertiary/aromatic N) is 1. The Bertz CT molecular complexity index is 982. The van der Waals surface area contributed by atoms with Crippen LogP contribution in [0.4, 0.5) is 0 Å². The van der Waals surface area contributed by atoms with Crippen LogP contribution >= 0.6 is 0 Å². The molecule has 0 spiro atoms. The summed E-state index contributed by atoms with van der Waals surface area (Å²) in [7, 11) is 0. The molecule has 4 heteroatoms. The Kier molecular flexibility index (Phi) is 13.9. The van der Waals surface area contributed by atoms with E-state index >= 15 is 0 Å². The third kappa shape index (κ3) is 11.3. The second kappa shape index (κ2) is 18.2. The van der Waals surface area contributed by atoms with Crippen LogP contribution in [0.25, 0.3) is 5.76 Å². The standard InChI is InChI=1S/C36H53NO3/c1-2-3-4-15-26-38-27-16-14-19-31-18-12-13-21-34(31)36-39-29-35(40-36)32-24-25-33(37-28-32)20-11-9-7-5-6-8-10-17-30-22-23-30/h12-13,18,21,24-25,28-30,36H,2-11,14-17,19-20,22-23,26-27H2,1H3. The summed E-state index contributed by atoms with van der Waals surface area (Å²) in [5.74, 6) is 1.86. The van der Waals surface area contributed by atoms with Crippen LogP contribution in [0.2, 0.25) is 0 Å². The van der Waals surface area contributed by atoms with Crippen LogP contribution in [-0.4, -0.2) is 18.2 Å². The van der Waals surface area contributed by atoms with E-state index in [1.165, 1.54) is 101 Å². The van der Waals surface area contributed by atoms with Crippen molar-refractivity contribution in [1.82, 2.24) is 4.98 Å². The predicted octanol–water partition coefficient (Wildman–Crippen LogP) is 10.1. The number of unbranched alkanes of at least 4 members (excludes halogenated alkanes) is 10. The maximum Gasteiger partial charge on any atom is 0.267 e. The van der Waals surface area contributed by atoms with Crippen LogP contribution in [-0.2, 0) is 27.1 Å². The van der Waals surface area contributed by atoms with Gasteiger partial charge in [-0.2, -0.15) is 0 Å². The first kappa shape index (κ1) is 30.6. The number of benzene rings is 1. The summed E-state index contributed by atoms with van der Waals surface area (Å²) in [6.07, 6.45) is 26.6. The van der Waals surface area contributed by atoms with E-state index in [4.69, 9.17) is 19.2 Å². The Labute approximate surface area is 243 Å². The van der Waals surface area contributed by atoms with Gasteiger partial charge in [-0.3, -0.25) is 4.98 Å². The SMILES string of the molecule is CCCCCCOCCCCc1ccccc1C1OC=C(c2ccc(CCCCCCCCCC3CC3)nc2)O1. The number of hydrogen-bond acceptors (Lipinski definition) is 4. The molecule has 220 valence electrons. The van der Waals surface area contributed by atoms with Crippen LogP contribution in [0.5, 0.6) is 0 Å². The summed E-state index contributed by atoms with van der Waals surface area (Å²) in [6.45, 7) is 3.98. The molecular weight excluding hydrogens is 494 g/mol. The molecule has 4 rings (SSSR count). The van der Waals surface area contributed by atoms with Gasteiger partial charge in [-0.1, -0.05) is 108 Å². The van der Waals surface area contributed by atoms with Gasteiger partial charge in [-0.25, -0.2) is 0 Å². The van der Waals surface area contributed by atoms with E-state index in [9.17, 15) is 0 Å². The molecule has 2 heterocycles. The normalized spacial score (nSPS) is 16.5. The van der Waals surface area contributed by atoms with Crippen molar-refractivity contribution in [2.24, 2.45) is 5.92 Å². The molecule has 2 aromatic rings. The Balaban J connectivity index is 1.10. The van der Waals surface area contributed by atoms with Crippen LogP contribution in [0.3, 0.4) is 0 Å². The number of aryl methyl sites for hydroxylation is 2. The summed E-state index contributed by atoms with van der Waals surface area (Å²) in [5, 5.41) is 0. The minimum Gasteiger partial charge on any atom is -0.454 e. The fraction of sp³-hybridized carbons (Fsp3) is 0.639. The molecule has 1 unspecified atom stereocenters. The zero-order chi connectivity index (χ0) is 27.7. The molecular formula is C36H53NO3. The number of aromatic nitrogens is 1. The molecule has 1 saturated carbocycles. The van der Waals surface area contributed by atoms with Gasteiger partial charge in [0.25, 0.3) is 6.29 Å². The van der Waals surface area contributed by atoms with E-state index in [2.05, 4.69) is 43.3 Å². The van der Waals surface area contributed by atoms with Gasteiger partial charge >= 0.3 is 0 Å². The molecule has 2 aliphatic rings. The van der Waals surface area contributed by atoms with Crippen molar-refractivity contribution >= 4 is 5.76 Å². The highest BCUT2D eigenvalue weighted by atomic mass is 16.7. The molecule has 0 N–H and O–H groups in total. The number of pyridine rings is 1. The molecule has 1 atom stereocenters. The van der Waals surface area contributed by atoms with E-state index in [1.54, 1.807) is 6.26 Å². The first-order valence-electron chi connectivity index (χ1n) is 16.5. The number of ether oxygens (including phenoxy) is 3. The van der Waals surface area contributed by atoms with Gasteiger partial charge in [0.05, 0.1) is 0 Å². The van der Waals surface area contributed by atoms with Crippen molar-refractivity contribution in [3.05, 3.63) is 71.2 Å². The van der Waals surface area contributed by atoms with Crippen LogP contribution < -0.4 is 0 Å². The average molecular weight is 548 g/mol. The third-order valence-electron chi connectivity index (χ3n) is 8.32. The van der Waals surface area contributed by atoms with Crippen molar-refractivity contribution in [3.63, 3.8) is 0 Å². The summed E-state index contributed by atoms with van der Waals surface area (Å²) >= 11 is 0. The molecule has 0 bridgehead atoms. The van der Waals surface area contributed by atoms with E-state index in [-0.39, 0.29) is 0 Å². The maximum atomic E-state index is 6.25. The Morgan fingerprint density at radius 1 is 0.775 bits per heavy atom. The van der Waals surface area contributed by atoms with Gasteiger partial charge < -0.3 is 14.2 Å². The first-order valence-corrected chi connectivity index (χ1v) is 16.5. The minimum absolute atomic E-state index is 0.394. The van der Waals surface area contributed by atoms with Crippen LogP contribution in [0.1, 0.15) is 138 Å². The first-order chi connectivity index (χ1) is 19.8. The van der Waals surface area contributed by atoms with Gasteiger partial charge in [0, 0.05) is 36.2 Å². The van der Waals surface area contributed by atoms with Crippen LogP contribution in [0.15, 0.2) is 48.9 Å². The average Bonchev–Trinajstić information content (AvgIpc) is 3.69. The van der Waals surface area contributed by atoms with E-state index in [0.717, 1.165) is 61.7 Å². The van der Waals surface area contributed by atoms with Crippen molar-refractivity contribution < 1.29 is 14.2 Å². The van der Waals surface area contributed by atoms with E-state index < -0.39 is 6.29 Å². The second-order valence-electron chi connectivity index (χ2n) is 11.9. The summed E-state index contributed by atoms with van der Waals surface area (Å²) < 4.78 is 18.0. The monoisotopic (exact) mass is 547 g/mol. The lowest BCUT2D eigenvalue weighted by Gasteiger charge is -2.16. The van der Waals surface area contributed by atoms with Gasteiger partial charge in [-0.15, -0.1) is 0 Å². The third-order valence-corrected chi connectivity index (χ3v) is 8.32. The zero-order valence-corrected chi connectivity index (χ0v) is 25.1. The smallest absolute Gasteiger partial charge is 0.267 e. The highest BCUT2D eigenvalue weighted by molar-refractivity contribution is 5.59. The van der Waals surface area contributed by atoms with Crippen molar-refractivity contribution in [1.29, 1.82) is 0 Å². The molecule has 40 heavy (non-hydrogen) atoms. The number of rotatable bonds is 22. The Morgan fingerprint density at radius 2 is 1.50 bits per heavy atom. The lowest BCUT2D eigenvalue weighted by atomic mass is 10.0. The summed E-state index contributed by atoms with van der Waals surface area (Å²) in [5.41, 5.74) is 4.55. The molecule has 0 amide bonds. The Hall–Kier alpha value is -2.33. The van der Waals surface area contributed by atoms with Crippen LogP contribution in [0, 0.1) is 5.92 Å². The van der Waals surface area contributed by atoms with Gasteiger partial charge in [0.15, 0.2) is 5.76 Å². The van der Waals surface area contributed by atoms with Gasteiger partial charge in [-0.05, 0) is 62.1 Å². The Morgan fingerprint density at radius 3 is 2.27 bits per heavy atom. The minimum atomic E-state index is -0.394. The van der Waals surface area contributed by atoms with Crippen molar-refractivity contribution in [3.8, 4) is 0 Å². The second-order valence-corrected chi connectivity index (χ2v) is 11.9.